The summed E-state index contributed by atoms with van der Waals surface area (Å²) in [5.41, 5.74) is 0. The lowest BCUT2D eigenvalue weighted by Gasteiger charge is -2.16. The minimum Gasteiger partial charge on any atom is -0.483 e. The number of rotatable bonds is 1. The largest absolute Gasteiger partial charge is 0.483 e. The van der Waals surface area contributed by atoms with Gasteiger partial charge in [0.2, 0.25) is 5.28 Å². The van der Waals surface area contributed by atoms with E-state index in [2.05, 4.69) is 19.9 Å². The van der Waals surface area contributed by atoms with Crippen LogP contribution in [0.2, 0.25) is 10.4 Å². The van der Waals surface area contributed by atoms with E-state index in [4.69, 9.17) is 32.7 Å². The second kappa shape index (κ2) is 7.21. The molecule has 0 radical (unpaired) electrons. The maximum Gasteiger partial charge on any atom is 0.260 e. The predicted molar refractivity (Wildman–Crippen MR) is 74.5 cm³/mol. The summed E-state index contributed by atoms with van der Waals surface area (Å²) in [6.45, 7) is 3.17. The van der Waals surface area contributed by atoms with Gasteiger partial charge in [-0.3, -0.25) is 0 Å². The third-order valence-corrected chi connectivity index (χ3v) is 2.65. The molecule has 0 saturated carbocycles. The van der Waals surface area contributed by atoms with Crippen LogP contribution >= 0.6 is 23.2 Å². The Balaban J connectivity index is 0.000000160. The van der Waals surface area contributed by atoms with Gasteiger partial charge in [-0.25, -0.2) is 15.0 Å². The zero-order valence-corrected chi connectivity index (χ0v) is 12.2. The highest BCUT2D eigenvalue weighted by Gasteiger charge is 2.13. The number of hydrogen-bond donors (Lipinski definition) is 0. The molecular formula is C12H12Cl2N4O2. The van der Waals surface area contributed by atoms with Gasteiger partial charge in [-0.05, 0) is 17.7 Å². The molecule has 2 aromatic rings. The smallest absolute Gasteiger partial charge is 0.260 e. The van der Waals surface area contributed by atoms with Crippen molar-refractivity contribution in [3.8, 4) is 11.6 Å². The molecule has 106 valence electrons. The van der Waals surface area contributed by atoms with E-state index in [1.54, 1.807) is 12.3 Å². The molecule has 3 heterocycles. The fraction of sp³-hybridized carbons (Fsp3) is 0.333. The average molecular weight is 315 g/mol. The molecule has 0 fully saturated rings. The maximum absolute atomic E-state index is 5.41. The molecule has 0 amide bonds. The molecule has 0 aliphatic carbocycles. The van der Waals surface area contributed by atoms with Crippen molar-refractivity contribution in [1.29, 1.82) is 0 Å². The minimum atomic E-state index is 0.178. The maximum atomic E-state index is 5.41. The Morgan fingerprint density at radius 2 is 1.95 bits per heavy atom. The number of halogens is 2. The van der Waals surface area contributed by atoms with Crippen LogP contribution in [0.4, 0.5) is 0 Å². The lowest BCUT2D eigenvalue weighted by Crippen LogP contribution is -2.17. The Labute approximate surface area is 126 Å². The Bertz CT molecular complexity index is 566. The van der Waals surface area contributed by atoms with Gasteiger partial charge in [-0.1, -0.05) is 18.5 Å². The van der Waals surface area contributed by atoms with E-state index < -0.39 is 0 Å². The van der Waals surface area contributed by atoms with Crippen LogP contribution in [0.25, 0.3) is 0 Å². The van der Waals surface area contributed by atoms with Crippen LogP contribution in [0.3, 0.4) is 0 Å². The van der Waals surface area contributed by atoms with Crippen molar-refractivity contribution in [2.45, 2.75) is 13.3 Å². The van der Waals surface area contributed by atoms with Crippen LogP contribution in [0.15, 0.2) is 18.5 Å². The summed E-state index contributed by atoms with van der Waals surface area (Å²) in [7, 11) is 0. The van der Waals surface area contributed by atoms with Gasteiger partial charge in [0.1, 0.15) is 24.2 Å². The van der Waals surface area contributed by atoms with E-state index in [1.807, 2.05) is 6.92 Å². The van der Waals surface area contributed by atoms with Crippen molar-refractivity contribution in [2.24, 2.45) is 0 Å². The summed E-state index contributed by atoms with van der Waals surface area (Å²) in [6, 6.07) is 1.56. The topological polar surface area (TPSA) is 70.0 Å². The first-order valence-electron chi connectivity index (χ1n) is 5.94. The SMILES string of the molecule is CCc1ncc2c(n1)OCCO2.Clc1ccnc(Cl)n1. The van der Waals surface area contributed by atoms with E-state index in [0.717, 1.165) is 12.2 Å². The number of nitrogens with zero attached hydrogens (tertiary/aromatic N) is 4. The van der Waals surface area contributed by atoms with Gasteiger partial charge in [0.25, 0.3) is 5.88 Å². The second-order valence-corrected chi connectivity index (χ2v) is 4.38. The van der Waals surface area contributed by atoms with E-state index in [9.17, 15) is 0 Å². The van der Waals surface area contributed by atoms with Gasteiger partial charge in [0.05, 0.1) is 6.20 Å². The summed E-state index contributed by atoms with van der Waals surface area (Å²) < 4.78 is 10.6. The van der Waals surface area contributed by atoms with Crippen molar-refractivity contribution in [1.82, 2.24) is 19.9 Å². The summed E-state index contributed by atoms with van der Waals surface area (Å²) in [5, 5.41) is 0.544. The molecule has 0 unspecified atom stereocenters. The van der Waals surface area contributed by atoms with Crippen molar-refractivity contribution >= 4 is 23.2 Å². The average Bonchev–Trinajstić information content (AvgIpc) is 2.47. The number of hydrogen-bond acceptors (Lipinski definition) is 6. The molecule has 1 aliphatic rings. The summed E-state index contributed by atoms with van der Waals surface area (Å²) in [6.07, 6.45) is 3.98. The predicted octanol–water partition coefficient (Wildman–Crippen LogP) is 2.59. The molecular weight excluding hydrogens is 303 g/mol. The fourth-order valence-corrected chi connectivity index (χ4v) is 1.69. The molecule has 0 atom stereocenters. The van der Waals surface area contributed by atoms with Crippen molar-refractivity contribution in [2.75, 3.05) is 13.2 Å². The Morgan fingerprint density at radius 1 is 1.15 bits per heavy atom. The standard InChI is InChI=1S/C8H10N2O2.C4H2Cl2N2/c1-2-7-9-5-6-8(10-7)12-4-3-11-6;5-3-1-2-7-4(6)8-3/h5H,2-4H2,1H3;1-2H. The molecule has 0 spiro atoms. The molecule has 8 heteroatoms. The molecule has 0 saturated heterocycles. The lowest BCUT2D eigenvalue weighted by molar-refractivity contribution is 0.162. The third-order valence-electron chi connectivity index (χ3n) is 2.26. The summed E-state index contributed by atoms with van der Waals surface area (Å²) in [5.74, 6) is 2.02. The van der Waals surface area contributed by atoms with Gasteiger partial charge < -0.3 is 9.47 Å². The first-order chi connectivity index (χ1) is 9.69. The van der Waals surface area contributed by atoms with Crippen molar-refractivity contribution < 1.29 is 9.47 Å². The molecule has 20 heavy (non-hydrogen) atoms. The first kappa shape index (κ1) is 14.7. The monoisotopic (exact) mass is 314 g/mol. The molecule has 2 aromatic heterocycles. The molecule has 6 nitrogen and oxygen atoms in total. The van der Waals surface area contributed by atoms with Crippen LogP contribution in [-0.4, -0.2) is 33.1 Å². The summed E-state index contributed by atoms with van der Waals surface area (Å²) in [4.78, 5) is 15.5. The fourth-order valence-electron chi connectivity index (χ4n) is 1.37. The van der Waals surface area contributed by atoms with Crippen LogP contribution < -0.4 is 9.47 Å². The normalized spacial score (nSPS) is 12.3. The highest BCUT2D eigenvalue weighted by atomic mass is 35.5. The van der Waals surface area contributed by atoms with Crippen LogP contribution in [0.5, 0.6) is 11.6 Å². The van der Waals surface area contributed by atoms with Gasteiger partial charge in [0, 0.05) is 12.6 Å². The van der Waals surface area contributed by atoms with Crippen LogP contribution in [0.1, 0.15) is 12.7 Å². The van der Waals surface area contributed by atoms with Crippen LogP contribution in [-0.2, 0) is 6.42 Å². The number of aryl methyl sites for hydroxylation is 1. The van der Waals surface area contributed by atoms with Crippen LogP contribution in [0, 0.1) is 0 Å². The zero-order valence-electron chi connectivity index (χ0n) is 10.7. The highest BCUT2D eigenvalue weighted by molar-refractivity contribution is 6.31. The lowest BCUT2D eigenvalue weighted by atomic mass is 10.4. The van der Waals surface area contributed by atoms with E-state index in [-0.39, 0.29) is 5.28 Å². The summed E-state index contributed by atoms with van der Waals surface area (Å²) >= 11 is 10.7. The third kappa shape index (κ3) is 4.18. The quantitative estimate of drug-likeness (QED) is 0.595. The second-order valence-electron chi connectivity index (χ2n) is 3.65. The van der Waals surface area contributed by atoms with E-state index in [1.165, 1.54) is 6.20 Å². The molecule has 0 N–H and O–H groups in total. The van der Waals surface area contributed by atoms with E-state index in [0.29, 0.717) is 30.0 Å². The molecule has 3 rings (SSSR count). The Hall–Kier alpha value is -1.66. The minimum absolute atomic E-state index is 0.178. The Morgan fingerprint density at radius 3 is 2.60 bits per heavy atom. The number of fused-ring (bicyclic) bond motifs is 1. The molecule has 1 aliphatic heterocycles. The molecule has 0 bridgehead atoms. The van der Waals surface area contributed by atoms with E-state index >= 15 is 0 Å². The zero-order chi connectivity index (χ0) is 14.4. The highest BCUT2D eigenvalue weighted by Crippen LogP contribution is 2.25. The number of aromatic nitrogens is 4. The van der Waals surface area contributed by atoms with Gasteiger partial charge >= 0.3 is 0 Å². The van der Waals surface area contributed by atoms with Crippen molar-refractivity contribution in [3.05, 3.63) is 34.7 Å². The van der Waals surface area contributed by atoms with Gasteiger partial charge in [0.15, 0.2) is 5.75 Å². The van der Waals surface area contributed by atoms with Gasteiger partial charge in [-0.2, -0.15) is 4.98 Å². The number of ether oxygens (including phenoxy) is 2. The molecule has 0 aromatic carbocycles. The first-order valence-corrected chi connectivity index (χ1v) is 6.70. The Kier molecular flexibility index (Phi) is 5.31. The van der Waals surface area contributed by atoms with Gasteiger partial charge in [-0.15, -0.1) is 0 Å². The van der Waals surface area contributed by atoms with Crippen molar-refractivity contribution in [3.63, 3.8) is 0 Å².